The minimum Gasteiger partial charge on any atom is -0.394 e. The smallest absolute Gasteiger partial charge is 0.262 e. The lowest BCUT2D eigenvalue weighted by atomic mass is 10.1. The van der Waals surface area contributed by atoms with Crippen LogP contribution in [0.4, 0.5) is 5.69 Å². The molecule has 2 rings (SSSR count). The lowest BCUT2D eigenvalue weighted by Crippen LogP contribution is -2.44. The van der Waals surface area contributed by atoms with E-state index in [0.717, 1.165) is 37.4 Å². The van der Waals surface area contributed by atoms with Crippen LogP contribution in [-0.2, 0) is 4.79 Å². The Morgan fingerprint density at radius 1 is 1.32 bits per heavy atom. The highest BCUT2D eigenvalue weighted by Crippen LogP contribution is 2.18. The predicted octanol–water partition coefficient (Wildman–Crippen LogP) is -0.185. The number of nitrogens with one attached hydrogen (secondary N) is 1. The van der Waals surface area contributed by atoms with Crippen LogP contribution >= 0.6 is 0 Å². The molecule has 1 aromatic carbocycles. The van der Waals surface area contributed by atoms with E-state index in [1.165, 1.54) is 6.08 Å². The fraction of sp³-hybridized carbons (Fsp3) is 0.444. The quantitative estimate of drug-likeness (QED) is 0.489. The summed E-state index contributed by atoms with van der Waals surface area (Å²) < 4.78 is 0. The first-order valence-corrected chi connectivity index (χ1v) is 8.26. The SMILES string of the molecule is CN1CCN(c2ccc(C=C(C#N)C(=O)NCC(O)CO)cc2)CC1. The van der Waals surface area contributed by atoms with Gasteiger partial charge in [-0.25, -0.2) is 0 Å². The van der Waals surface area contributed by atoms with Crippen molar-refractivity contribution in [2.75, 3.05) is 51.3 Å². The number of carbonyl (C=O) groups excluding carboxylic acids is 1. The van der Waals surface area contributed by atoms with Crippen molar-refractivity contribution in [2.45, 2.75) is 6.10 Å². The molecular weight excluding hydrogens is 320 g/mol. The topological polar surface area (TPSA) is 99.8 Å². The van der Waals surface area contributed by atoms with Gasteiger partial charge in [-0.05, 0) is 30.8 Å². The molecule has 3 N–H and O–H groups in total. The number of hydrogen-bond donors (Lipinski definition) is 3. The van der Waals surface area contributed by atoms with Gasteiger partial charge < -0.3 is 25.3 Å². The summed E-state index contributed by atoms with van der Waals surface area (Å²) in [6.45, 7) is 3.46. The van der Waals surface area contributed by atoms with Crippen molar-refractivity contribution in [3.63, 3.8) is 0 Å². The molecule has 1 heterocycles. The molecule has 25 heavy (non-hydrogen) atoms. The van der Waals surface area contributed by atoms with E-state index in [-0.39, 0.29) is 12.1 Å². The third-order valence-corrected chi connectivity index (χ3v) is 4.15. The van der Waals surface area contributed by atoms with Gasteiger partial charge in [-0.15, -0.1) is 0 Å². The first-order chi connectivity index (χ1) is 12.0. The molecule has 1 unspecified atom stereocenters. The summed E-state index contributed by atoms with van der Waals surface area (Å²) >= 11 is 0. The van der Waals surface area contributed by atoms with Crippen LogP contribution in [0.1, 0.15) is 5.56 Å². The van der Waals surface area contributed by atoms with Crippen LogP contribution in [-0.4, -0.2) is 73.5 Å². The Labute approximate surface area is 147 Å². The number of amides is 1. The van der Waals surface area contributed by atoms with Gasteiger partial charge >= 0.3 is 0 Å². The van der Waals surface area contributed by atoms with E-state index >= 15 is 0 Å². The van der Waals surface area contributed by atoms with Gasteiger partial charge in [0, 0.05) is 38.4 Å². The summed E-state index contributed by atoms with van der Waals surface area (Å²) in [5, 5.41) is 29.6. The molecule has 1 saturated heterocycles. The van der Waals surface area contributed by atoms with Gasteiger partial charge in [-0.1, -0.05) is 12.1 Å². The van der Waals surface area contributed by atoms with Gasteiger partial charge in [0.2, 0.25) is 0 Å². The number of hydrogen-bond acceptors (Lipinski definition) is 6. The minimum absolute atomic E-state index is 0.0440. The average Bonchev–Trinajstić information content (AvgIpc) is 2.65. The average molecular weight is 344 g/mol. The number of benzene rings is 1. The molecule has 0 aliphatic carbocycles. The van der Waals surface area contributed by atoms with Crippen molar-refractivity contribution < 1.29 is 15.0 Å². The highest BCUT2D eigenvalue weighted by atomic mass is 16.3. The van der Waals surface area contributed by atoms with Crippen molar-refractivity contribution in [3.05, 3.63) is 35.4 Å². The molecule has 1 aromatic rings. The van der Waals surface area contributed by atoms with Crippen LogP contribution in [0.15, 0.2) is 29.8 Å². The van der Waals surface area contributed by atoms with E-state index in [9.17, 15) is 9.90 Å². The van der Waals surface area contributed by atoms with Crippen molar-refractivity contribution in [1.82, 2.24) is 10.2 Å². The van der Waals surface area contributed by atoms with Gasteiger partial charge in [0.1, 0.15) is 11.6 Å². The number of aliphatic hydroxyl groups is 2. The number of nitrogens with zero attached hydrogens (tertiary/aromatic N) is 3. The Morgan fingerprint density at radius 2 is 1.96 bits per heavy atom. The van der Waals surface area contributed by atoms with Crippen LogP contribution in [0.25, 0.3) is 6.08 Å². The Morgan fingerprint density at radius 3 is 2.52 bits per heavy atom. The van der Waals surface area contributed by atoms with Crippen LogP contribution in [0.5, 0.6) is 0 Å². The number of aliphatic hydroxyl groups excluding tert-OH is 2. The Bertz CT molecular complexity index is 643. The van der Waals surface area contributed by atoms with E-state index in [0.29, 0.717) is 0 Å². The number of nitriles is 1. The standard InChI is InChI=1S/C18H24N4O3/c1-21-6-8-22(9-7-21)16-4-2-14(3-5-16)10-15(11-19)18(25)20-12-17(24)13-23/h2-5,10,17,23-24H,6-9,12-13H2,1H3,(H,20,25). The largest absolute Gasteiger partial charge is 0.394 e. The maximum absolute atomic E-state index is 11.9. The first-order valence-electron chi connectivity index (χ1n) is 8.26. The number of anilines is 1. The van der Waals surface area contributed by atoms with E-state index in [1.54, 1.807) is 0 Å². The normalized spacial score (nSPS) is 17.0. The van der Waals surface area contributed by atoms with Crippen molar-refractivity contribution in [3.8, 4) is 6.07 Å². The number of likely N-dealkylation sites (N-methyl/N-ethyl adjacent to an activating group) is 1. The maximum atomic E-state index is 11.9. The summed E-state index contributed by atoms with van der Waals surface area (Å²) in [5.74, 6) is -0.571. The molecule has 1 fully saturated rings. The van der Waals surface area contributed by atoms with Crippen LogP contribution in [0, 0.1) is 11.3 Å². The molecule has 1 atom stereocenters. The summed E-state index contributed by atoms with van der Waals surface area (Å²) in [6.07, 6.45) is 0.473. The van der Waals surface area contributed by atoms with Gasteiger partial charge in [0.05, 0.1) is 12.7 Å². The number of carbonyl (C=O) groups is 1. The molecule has 1 aliphatic heterocycles. The third kappa shape index (κ3) is 5.57. The highest BCUT2D eigenvalue weighted by Gasteiger charge is 2.14. The van der Waals surface area contributed by atoms with E-state index in [1.807, 2.05) is 30.3 Å². The molecule has 7 heteroatoms. The molecular formula is C18H24N4O3. The summed E-state index contributed by atoms with van der Waals surface area (Å²) in [5.41, 5.74) is 1.84. The fourth-order valence-electron chi connectivity index (χ4n) is 2.53. The lowest BCUT2D eigenvalue weighted by Gasteiger charge is -2.34. The zero-order chi connectivity index (χ0) is 18.2. The first kappa shape index (κ1) is 18.9. The Balaban J connectivity index is 2.01. The third-order valence-electron chi connectivity index (χ3n) is 4.15. The molecule has 1 aliphatic rings. The van der Waals surface area contributed by atoms with Crippen LogP contribution in [0.3, 0.4) is 0 Å². The van der Waals surface area contributed by atoms with E-state index < -0.39 is 18.6 Å². The lowest BCUT2D eigenvalue weighted by molar-refractivity contribution is -0.117. The molecule has 0 aromatic heterocycles. The fourth-order valence-corrected chi connectivity index (χ4v) is 2.53. The summed E-state index contributed by atoms with van der Waals surface area (Å²) in [4.78, 5) is 16.5. The molecule has 0 radical (unpaired) electrons. The second kappa shape index (κ2) is 9.18. The van der Waals surface area contributed by atoms with Gasteiger partial charge in [-0.3, -0.25) is 4.79 Å². The molecule has 0 spiro atoms. The Hall–Kier alpha value is -2.40. The molecule has 7 nitrogen and oxygen atoms in total. The Kier molecular flexibility index (Phi) is 6.95. The zero-order valence-corrected chi connectivity index (χ0v) is 14.4. The van der Waals surface area contributed by atoms with Gasteiger partial charge in [-0.2, -0.15) is 5.26 Å². The zero-order valence-electron chi connectivity index (χ0n) is 14.4. The van der Waals surface area contributed by atoms with Crippen molar-refractivity contribution in [1.29, 1.82) is 5.26 Å². The highest BCUT2D eigenvalue weighted by molar-refractivity contribution is 6.01. The molecule has 1 amide bonds. The summed E-state index contributed by atoms with van der Waals surface area (Å²) in [7, 11) is 2.11. The van der Waals surface area contributed by atoms with Crippen molar-refractivity contribution >= 4 is 17.7 Å². The molecule has 0 bridgehead atoms. The summed E-state index contributed by atoms with van der Waals surface area (Å²) in [6, 6.07) is 9.59. The molecule has 0 saturated carbocycles. The van der Waals surface area contributed by atoms with Crippen LogP contribution < -0.4 is 10.2 Å². The number of rotatable bonds is 6. The second-order valence-corrected chi connectivity index (χ2v) is 6.10. The molecule has 134 valence electrons. The monoisotopic (exact) mass is 344 g/mol. The minimum atomic E-state index is -1.04. The van der Waals surface area contributed by atoms with Gasteiger partial charge in [0.15, 0.2) is 0 Å². The van der Waals surface area contributed by atoms with Crippen molar-refractivity contribution in [2.24, 2.45) is 0 Å². The van der Waals surface area contributed by atoms with E-state index in [2.05, 4.69) is 22.2 Å². The van der Waals surface area contributed by atoms with Crippen LogP contribution in [0.2, 0.25) is 0 Å². The predicted molar refractivity (Wildman–Crippen MR) is 95.8 cm³/mol. The van der Waals surface area contributed by atoms with Gasteiger partial charge in [0.25, 0.3) is 5.91 Å². The van der Waals surface area contributed by atoms with E-state index in [4.69, 9.17) is 10.4 Å². The number of piperazine rings is 1. The second-order valence-electron chi connectivity index (χ2n) is 6.10. The maximum Gasteiger partial charge on any atom is 0.262 e.